The number of fused-ring (bicyclic) bond motifs is 1. The van der Waals surface area contributed by atoms with Crippen molar-refractivity contribution in [3.05, 3.63) is 75.9 Å². The smallest absolute Gasteiger partial charge is 0.338 e. The molecule has 0 fully saturated rings. The SMILES string of the molecule is CCN(CCC#N)c1ccc(Nc2cc(NC(=O)c3ccccc3C)c(O)c3c2=NC(=O)C(=O)N=3)c(C)c1. The van der Waals surface area contributed by atoms with Gasteiger partial charge >= 0.3 is 11.8 Å². The molecule has 0 unspecified atom stereocenters. The minimum absolute atomic E-state index is 0.00327. The van der Waals surface area contributed by atoms with Crippen LogP contribution >= 0.6 is 0 Å². The standard InChI is InChI=1S/C28H26N6O4/c1-4-34(13-7-12-29)18-10-11-20(17(3)14-18)30-21-15-22(31-26(36)19-9-6-5-8-16(19)2)25(35)24-23(21)32-27(37)28(38)33-24/h5-6,8-11,14-15,30,35H,4,7,13H2,1-3H3,(H,31,36). The molecule has 3 aromatic rings. The lowest BCUT2D eigenvalue weighted by atomic mass is 10.1. The second kappa shape index (κ2) is 10.9. The van der Waals surface area contributed by atoms with Crippen LogP contribution in [0.5, 0.6) is 5.75 Å². The monoisotopic (exact) mass is 510 g/mol. The second-order valence-corrected chi connectivity index (χ2v) is 8.73. The number of aromatic hydroxyl groups is 1. The molecule has 3 aromatic carbocycles. The Labute approximate surface area is 219 Å². The van der Waals surface area contributed by atoms with Crippen molar-refractivity contribution in [3.8, 4) is 11.8 Å². The van der Waals surface area contributed by atoms with Gasteiger partial charge in [-0.15, -0.1) is 0 Å². The predicted molar refractivity (Wildman–Crippen MR) is 142 cm³/mol. The molecule has 1 aliphatic rings. The van der Waals surface area contributed by atoms with Crippen molar-refractivity contribution in [2.75, 3.05) is 28.6 Å². The van der Waals surface area contributed by atoms with E-state index in [0.29, 0.717) is 24.2 Å². The number of carbonyl (C=O) groups is 3. The summed E-state index contributed by atoms with van der Waals surface area (Å²) in [6, 6.07) is 16.3. The molecule has 0 radical (unpaired) electrons. The van der Waals surface area contributed by atoms with E-state index < -0.39 is 23.5 Å². The summed E-state index contributed by atoms with van der Waals surface area (Å²) in [5.41, 5.74) is 3.92. The van der Waals surface area contributed by atoms with Gasteiger partial charge in [-0.25, -0.2) is 4.99 Å². The van der Waals surface area contributed by atoms with Crippen molar-refractivity contribution >= 4 is 40.5 Å². The molecule has 0 bridgehead atoms. The maximum absolute atomic E-state index is 13.0. The Morgan fingerprint density at radius 2 is 1.68 bits per heavy atom. The number of phenols is 1. The van der Waals surface area contributed by atoms with Gasteiger partial charge < -0.3 is 20.6 Å². The number of nitrogens with one attached hydrogen (secondary N) is 2. The van der Waals surface area contributed by atoms with Gasteiger partial charge in [-0.3, -0.25) is 14.4 Å². The quantitative estimate of drug-likeness (QED) is 0.240. The number of carbonyl (C=O) groups excluding carboxylic acids is 3. The Kier molecular flexibility index (Phi) is 7.48. The fourth-order valence-electron chi connectivity index (χ4n) is 4.16. The molecule has 0 saturated heterocycles. The summed E-state index contributed by atoms with van der Waals surface area (Å²) in [5, 5.41) is 25.5. The third-order valence-electron chi connectivity index (χ3n) is 6.21. The zero-order valence-electron chi connectivity index (χ0n) is 21.2. The summed E-state index contributed by atoms with van der Waals surface area (Å²) in [6.45, 7) is 7.04. The van der Waals surface area contributed by atoms with E-state index in [1.807, 2.05) is 38.1 Å². The largest absolute Gasteiger partial charge is 0.504 e. The molecule has 10 nitrogen and oxygen atoms in total. The molecule has 0 spiro atoms. The molecule has 1 aliphatic heterocycles. The number of anilines is 4. The topological polar surface area (TPSA) is 147 Å². The number of nitrogens with zero attached hydrogens (tertiary/aromatic N) is 4. The minimum atomic E-state index is -1.11. The molecular formula is C28H26N6O4. The van der Waals surface area contributed by atoms with Gasteiger partial charge in [-0.2, -0.15) is 10.3 Å². The summed E-state index contributed by atoms with van der Waals surface area (Å²) < 4.78 is 0. The lowest BCUT2D eigenvalue weighted by molar-refractivity contribution is -0.135. The summed E-state index contributed by atoms with van der Waals surface area (Å²) >= 11 is 0. The molecule has 3 N–H and O–H groups in total. The fraction of sp³-hybridized carbons (Fsp3) is 0.214. The Bertz CT molecular complexity index is 1620. The van der Waals surface area contributed by atoms with Crippen LogP contribution < -0.4 is 26.2 Å². The molecule has 10 heteroatoms. The zero-order valence-corrected chi connectivity index (χ0v) is 21.2. The average Bonchev–Trinajstić information content (AvgIpc) is 2.90. The molecule has 0 aliphatic carbocycles. The van der Waals surface area contributed by atoms with Crippen LogP contribution in [0, 0.1) is 25.2 Å². The van der Waals surface area contributed by atoms with Crippen molar-refractivity contribution in [2.24, 2.45) is 9.98 Å². The van der Waals surface area contributed by atoms with Crippen LogP contribution in [-0.2, 0) is 9.59 Å². The molecule has 1 heterocycles. The first-order chi connectivity index (χ1) is 18.2. The Hall–Kier alpha value is -5.04. The first-order valence-electron chi connectivity index (χ1n) is 12.0. The Morgan fingerprint density at radius 1 is 0.974 bits per heavy atom. The van der Waals surface area contributed by atoms with Gasteiger partial charge in [0.05, 0.1) is 23.9 Å². The number of hydrogen-bond acceptors (Lipinski definition) is 7. The number of nitriles is 1. The van der Waals surface area contributed by atoms with Crippen molar-refractivity contribution in [1.82, 2.24) is 0 Å². The molecule has 0 atom stereocenters. The fourth-order valence-corrected chi connectivity index (χ4v) is 4.16. The number of phenolic OH excluding ortho intramolecular Hbond substituents is 1. The number of rotatable bonds is 8. The van der Waals surface area contributed by atoms with E-state index in [1.165, 1.54) is 6.07 Å². The van der Waals surface area contributed by atoms with E-state index in [2.05, 4.69) is 31.6 Å². The van der Waals surface area contributed by atoms with E-state index in [4.69, 9.17) is 5.26 Å². The van der Waals surface area contributed by atoms with Crippen molar-refractivity contribution < 1.29 is 19.5 Å². The van der Waals surface area contributed by atoms with Crippen molar-refractivity contribution in [1.29, 1.82) is 5.26 Å². The van der Waals surface area contributed by atoms with E-state index >= 15 is 0 Å². The number of benzene rings is 3. The molecular weight excluding hydrogens is 484 g/mol. The zero-order chi connectivity index (χ0) is 27.4. The minimum Gasteiger partial charge on any atom is -0.504 e. The lowest BCUT2D eigenvalue weighted by Crippen LogP contribution is -2.37. The Morgan fingerprint density at radius 3 is 2.34 bits per heavy atom. The van der Waals surface area contributed by atoms with Gasteiger partial charge in [0.1, 0.15) is 10.7 Å². The highest BCUT2D eigenvalue weighted by molar-refractivity contribution is 6.36. The van der Waals surface area contributed by atoms with Gasteiger partial charge in [0.2, 0.25) is 0 Å². The second-order valence-electron chi connectivity index (χ2n) is 8.73. The maximum atomic E-state index is 13.0. The van der Waals surface area contributed by atoms with E-state index in [1.54, 1.807) is 25.1 Å². The molecule has 0 aromatic heterocycles. The first-order valence-corrected chi connectivity index (χ1v) is 12.0. The normalized spacial score (nSPS) is 12.1. The van der Waals surface area contributed by atoms with E-state index in [9.17, 15) is 19.5 Å². The van der Waals surface area contributed by atoms with Crippen LogP contribution in [-0.4, -0.2) is 35.9 Å². The number of hydrogen-bond donors (Lipinski definition) is 3. The van der Waals surface area contributed by atoms with Crippen LogP contribution in [0.3, 0.4) is 0 Å². The molecule has 3 amide bonds. The Balaban J connectivity index is 1.76. The van der Waals surface area contributed by atoms with Crippen LogP contribution in [0.25, 0.3) is 0 Å². The molecule has 192 valence electrons. The van der Waals surface area contributed by atoms with Crippen LogP contribution in [0.15, 0.2) is 58.5 Å². The van der Waals surface area contributed by atoms with Crippen LogP contribution in [0.2, 0.25) is 0 Å². The number of aryl methyl sites for hydroxylation is 2. The predicted octanol–water partition coefficient (Wildman–Crippen LogP) is 3.05. The molecule has 4 rings (SSSR count). The van der Waals surface area contributed by atoms with Crippen LogP contribution in [0.1, 0.15) is 34.8 Å². The molecule has 38 heavy (non-hydrogen) atoms. The van der Waals surface area contributed by atoms with E-state index in [0.717, 1.165) is 23.4 Å². The van der Waals surface area contributed by atoms with Crippen molar-refractivity contribution in [2.45, 2.75) is 27.2 Å². The highest BCUT2D eigenvalue weighted by atomic mass is 16.3. The van der Waals surface area contributed by atoms with Gasteiger partial charge in [0, 0.05) is 30.0 Å². The van der Waals surface area contributed by atoms with Crippen molar-refractivity contribution in [3.63, 3.8) is 0 Å². The van der Waals surface area contributed by atoms with Gasteiger partial charge in [-0.1, -0.05) is 18.2 Å². The third kappa shape index (κ3) is 5.22. The highest BCUT2D eigenvalue weighted by Crippen LogP contribution is 2.28. The van der Waals surface area contributed by atoms with Gasteiger partial charge in [0.25, 0.3) is 5.91 Å². The third-order valence-corrected chi connectivity index (χ3v) is 6.21. The average molecular weight is 511 g/mol. The molecule has 0 saturated carbocycles. The summed E-state index contributed by atoms with van der Waals surface area (Å²) in [5.74, 6) is -3.10. The van der Waals surface area contributed by atoms with E-state index in [-0.39, 0.29) is 22.1 Å². The summed E-state index contributed by atoms with van der Waals surface area (Å²) in [7, 11) is 0. The maximum Gasteiger partial charge on any atom is 0.338 e. The summed E-state index contributed by atoms with van der Waals surface area (Å²) in [6.07, 6.45) is 0.404. The first kappa shape index (κ1) is 26.0. The van der Waals surface area contributed by atoms with Crippen LogP contribution in [0.4, 0.5) is 22.7 Å². The number of amides is 3. The lowest BCUT2D eigenvalue weighted by Gasteiger charge is -2.23. The summed E-state index contributed by atoms with van der Waals surface area (Å²) in [4.78, 5) is 46.6. The van der Waals surface area contributed by atoms with Gasteiger partial charge in [0.15, 0.2) is 5.75 Å². The van der Waals surface area contributed by atoms with Gasteiger partial charge in [-0.05, 0) is 62.2 Å². The highest BCUT2D eigenvalue weighted by Gasteiger charge is 2.23.